The van der Waals surface area contributed by atoms with Gasteiger partial charge in [0.1, 0.15) is 0 Å². The summed E-state index contributed by atoms with van der Waals surface area (Å²) in [7, 11) is -0.389. The van der Waals surface area contributed by atoms with Gasteiger partial charge in [-0.3, -0.25) is 0 Å². The van der Waals surface area contributed by atoms with Crippen LogP contribution in [0, 0.1) is 13.8 Å². The summed E-state index contributed by atoms with van der Waals surface area (Å²) in [5, 5.41) is 5.61. The average molecular weight is 349 g/mol. The molecule has 0 unspecified atom stereocenters. The summed E-state index contributed by atoms with van der Waals surface area (Å²) in [4.78, 5) is 4.64. The standard InChI is InChI=1S/C20H24BN3O2/c1-13-9-14(2)23-18(10-13)24-17-11-16(8-7-15(17)12-22-24)21-25-19(3,4)20(5,6)26-21/h7-12H,1-6H3. The van der Waals surface area contributed by atoms with E-state index in [4.69, 9.17) is 9.31 Å². The Labute approximate surface area is 154 Å². The third kappa shape index (κ3) is 2.74. The van der Waals surface area contributed by atoms with E-state index in [9.17, 15) is 0 Å². The van der Waals surface area contributed by atoms with E-state index in [0.717, 1.165) is 27.9 Å². The van der Waals surface area contributed by atoms with Crippen molar-refractivity contribution in [2.75, 3.05) is 0 Å². The molecule has 6 heteroatoms. The molecule has 1 saturated heterocycles. The van der Waals surface area contributed by atoms with Gasteiger partial charge in [-0.05, 0) is 70.8 Å². The molecule has 0 amide bonds. The SMILES string of the molecule is Cc1cc(C)nc(-n2ncc3ccc(B4OC(C)(C)C(C)(C)O4)cc32)c1. The summed E-state index contributed by atoms with van der Waals surface area (Å²) in [6.45, 7) is 12.3. The van der Waals surface area contributed by atoms with Crippen molar-refractivity contribution in [2.24, 2.45) is 0 Å². The molecule has 0 radical (unpaired) electrons. The van der Waals surface area contributed by atoms with E-state index in [-0.39, 0.29) is 18.3 Å². The van der Waals surface area contributed by atoms with Crippen molar-refractivity contribution >= 4 is 23.5 Å². The first-order chi connectivity index (χ1) is 12.2. The molecule has 5 nitrogen and oxygen atoms in total. The van der Waals surface area contributed by atoms with E-state index in [1.165, 1.54) is 5.56 Å². The second-order valence-electron chi connectivity index (χ2n) is 8.11. The van der Waals surface area contributed by atoms with Crippen molar-refractivity contribution in [1.82, 2.24) is 14.8 Å². The molecule has 3 heterocycles. The Morgan fingerprint density at radius 3 is 2.31 bits per heavy atom. The molecular formula is C20H24BN3O2. The number of hydrogen-bond acceptors (Lipinski definition) is 4. The Bertz CT molecular complexity index is 958. The first kappa shape index (κ1) is 17.2. The highest BCUT2D eigenvalue weighted by atomic mass is 16.7. The number of nitrogens with zero attached hydrogens (tertiary/aromatic N) is 3. The Balaban J connectivity index is 1.79. The Kier molecular flexibility index (Phi) is 3.76. The molecule has 0 aliphatic carbocycles. The van der Waals surface area contributed by atoms with Crippen LogP contribution in [0.15, 0.2) is 36.5 Å². The van der Waals surface area contributed by atoms with Crippen molar-refractivity contribution in [2.45, 2.75) is 52.7 Å². The highest BCUT2D eigenvalue weighted by Gasteiger charge is 2.51. The quantitative estimate of drug-likeness (QED) is 0.666. The number of benzene rings is 1. The third-order valence-corrected chi connectivity index (χ3v) is 5.42. The Morgan fingerprint density at radius 2 is 1.65 bits per heavy atom. The lowest BCUT2D eigenvalue weighted by atomic mass is 9.79. The molecule has 1 aromatic carbocycles. The topological polar surface area (TPSA) is 49.2 Å². The summed E-state index contributed by atoms with van der Waals surface area (Å²) < 4.78 is 14.3. The molecule has 1 fully saturated rings. The highest BCUT2D eigenvalue weighted by Crippen LogP contribution is 2.36. The van der Waals surface area contributed by atoms with Crippen LogP contribution in [-0.2, 0) is 9.31 Å². The predicted octanol–water partition coefficient (Wildman–Crippen LogP) is 3.34. The van der Waals surface area contributed by atoms with Gasteiger partial charge in [0.2, 0.25) is 0 Å². The second-order valence-corrected chi connectivity index (χ2v) is 8.11. The van der Waals surface area contributed by atoms with E-state index in [1.807, 2.05) is 29.9 Å². The smallest absolute Gasteiger partial charge is 0.399 e. The molecular weight excluding hydrogens is 325 g/mol. The third-order valence-electron chi connectivity index (χ3n) is 5.42. The van der Waals surface area contributed by atoms with Crippen LogP contribution >= 0.6 is 0 Å². The minimum atomic E-state index is -0.389. The summed E-state index contributed by atoms with van der Waals surface area (Å²) in [5.41, 5.74) is 3.41. The van der Waals surface area contributed by atoms with Crippen LogP contribution in [0.25, 0.3) is 16.7 Å². The minimum Gasteiger partial charge on any atom is -0.399 e. The lowest BCUT2D eigenvalue weighted by molar-refractivity contribution is 0.00578. The fourth-order valence-corrected chi connectivity index (χ4v) is 3.27. The fraction of sp³-hybridized carbons (Fsp3) is 0.400. The van der Waals surface area contributed by atoms with Gasteiger partial charge in [0.25, 0.3) is 0 Å². The van der Waals surface area contributed by atoms with E-state index in [2.05, 4.69) is 62.9 Å². The predicted molar refractivity (Wildman–Crippen MR) is 104 cm³/mol. The summed E-state index contributed by atoms with van der Waals surface area (Å²) >= 11 is 0. The number of fused-ring (bicyclic) bond motifs is 1. The van der Waals surface area contributed by atoms with Crippen LogP contribution in [0.4, 0.5) is 0 Å². The molecule has 0 N–H and O–H groups in total. The number of rotatable bonds is 2. The van der Waals surface area contributed by atoms with Crippen LogP contribution in [-0.4, -0.2) is 33.1 Å². The van der Waals surface area contributed by atoms with Crippen molar-refractivity contribution in [1.29, 1.82) is 0 Å². The van der Waals surface area contributed by atoms with Gasteiger partial charge in [0, 0.05) is 11.1 Å². The van der Waals surface area contributed by atoms with Gasteiger partial charge in [0.05, 0.1) is 22.9 Å². The molecule has 26 heavy (non-hydrogen) atoms. The van der Waals surface area contributed by atoms with E-state index in [0.29, 0.717) is 0 Å². The molecule has 0 saturated carbocycles. The van der Waals surface area contributed by atoms with Crippen LogP contribution in [0.1, 0.15) is 39.0 Å². The molecule has 1 aliphatic heterocycles. The molecule has 0 bridgehead atoms. The molecule has 134 valence electrons. The lowest BCUT2D eigenvalue weighted by Crippen LogP contribution is -2.41. The largest absolute Gasteiger partial charge is 0.494 e. The van der Waals surface area contributed by atoms with Crippen molar-refractivity contribution in [3.05, 3.63) is 47.8 Å². The zero-order valence-corrected chi connectivity index (χ0v) is 16.2. The van der Waals surface area contributed by atoms with Crippen LogP contribution in [0.2, 0.25) is 0 Å². The molecule has 4 rings (SSSR count). The lowest BCUT2D eigenvalue weighted by Gasteiger charge is -2.32. The van der Waals surface area contributed by atoms with E-state index >= 15 is 0 Å². The molecule has 0 spiro atoms. The van der Waals surface area contributed by atoms with Crippen molar-refractivity contribution in [3.63, 3.8) is 0 Å². The van der Waals surface area contributed by atoms with Crippen molar-refractivity contribution in [3.8, 4) is 5.82 Å². The second kappa shape index (κ2) is 5.66. The molecule has 0 atom stereocenters. The maximum atomic E-state index is 6.19. The first-order valence-electron chi connectivity index (χ1n) is 8.95. The van der Waals surface area contributed by atoms with Gasteiger partial charge >= 0.3 is 7.12 Å². The zero-order chi connectivity index (χ0) is 18.7. The summed E-state index contributed by atoms with van der Waals surface area (Å²) in [6, 6.07) is 10.3. The normalized spacial score (nSPS) is 18.6. The summed E-state index contributed by atoms with van der Waals surface area (Å²) in [5.74, 6) is 0.823. The van der Waals surface area contributed by atoms with Crippen LogP contribution < -0.4 is 5.46 Å². The van der Waals surface area contributed by atoms with Gasteiger partial charge in [-0.25, -0.2) is 9.67 Å². The molecule has 1 aliphatic rings. The highest BCUT2D eigenvalue weighted by molar-refractivity contribution is 6.62. The molecule has 3 aromatic rings. The number of hydrogen-bond donors (Lipinski definition) is 0. The van der Waals surface area contributed by atoms with Crippen molar-refractivity contribution < 1.29 is 9.31 Å². The van der Waals surface area contributed by atoms with Gasteiger partial charge in [0.15, 0.2) is 5.82 Å². The zero-order valence-electron chi connectivity index (χ0n) is 16.2. The van der Waals surface area contributed by atoms with Crippen LogP contribution in [0.5, 0.6) is 0 Å². The number of aryl methyl sites for hydroxylation is 2. The van der Waals surface area contributed by atoms with Gasteiger partial charge in [-0.1, -0.05) is 12.1 Å². The van der Waals surface area contributed by atoms with Gasteiger partial charge in [-0.2, -0.15) is 5.10 Å². The minimum absolute atomic E-state index is 0.359. The van der Waals surface area contributed by atoms with E-state index in [1.54, 1.807) is 0 Å². The maximum absolute atomic E-state index is 6.19. The summed E-state index contributed by atoms with van der Waals surface area (Å²) in [6.07, 6.45) is 1.86. The van der Waals surface area contributed by atoms with Gasteiger partial charge < -0.3 is 9.31 Å². The first-order valence-corrected chi connectivity index (χ1v) is 8.95. The van der Waals surface area contributed by atoms with Crippen LogP contribution in [0.3, 0.4) is 0 Å². The number of aromatic nitrogens is 3. The van der Waals surface area contributed by atoms with Gasteiger partial charge in [-0.15, -0.1) is 0 Å². The number of pyridine rings is 1. The van der Waals surface area contributed by atoms with E-state index < -0.39 is 0 Å². The maximum Gasteiger partial charge on any atom is 0.494 e. The Hall–Kier alpha value is -2.18. The average Bonchev–Trinajstić information content (AvgIpc) is 3.04. The molecule has 2 aromatic heterocycles. The monoisotopic (exact) mass is 349 g/mol. The fourth-order valence-electron chi connectivity index (χ4n) is 3.27. The Morgan fingerprint density at radius 1 is 0.962 bits per heavy atom.